The predicted molar refractivity (Wildman–Crippen MR) is 122 cm³/mol. The first-order chi connectivity index (χ1) is 15.5. The second-order valence-corrected chi connectivity index (χ2v) is 9.95. The Labute approximate surface area is 195 Å². The van der Waals surface area contributed by atoms with Crippen LogP contribution in [0.1, 0.15) is 59.0 Å². The number of nitrogens with zero attached hydrogens (tertiary/aromatic N) is 2. The maximum Gasteiger partial charge on any atom is 0.407 e. The number of rotatable bonds is 5. The molecular formula is C23H37N5O5. The molecule has 0 aromatic carbocycles. The molecule has 2 bridgehead atoms. The average Bonchev–Trinajstić information content (AvgIpc) is 2.73. The normalized spacial score (nSPS) is 20.9. The number of nitrogens with one attached hydrogen (secondary N) is 3. The van der Waals surface area contributed by atoms with Gasteiger partial charge in [-0.2, -0.15) is 0 Å². The van der Waals surface area contributed by atoms with Crippen LogP contribution in [-0.2, 0) is 27.2 Å². The molecule has 0 saturated carbocycles. The first-order valence-corrected chi connectivity index (χ1v) is 11.5. The fourth-order valence-corrected chi connectivity index (χ4v) is 3.29. The third-order valence-electron chi connectivity index (χ3n) is 5.14. The van der Waals surface area contributed by atoms with Crippen LogP contribution in [0.15, 0.2) is 12.3 Å². The standard InChI is InChI=1S/C23H37N5O5/c1-14(2)18(28-22(32)33-13-23(3,4)5)20(30)27-16-12-17-24-11-9-15(26-17)8-6-7-10-25-21(31)19(16)29/h9,11,14,16,18,21,25,31H,6-8,10,12-13H2,1-5H3,(H,27,30)(H,28,32). The van der Waals surface area contributed by atoms with Gasteiger partial charge < -0.3 is 20.5 Å². The van der Waals surface area contributed by atoms with Crippen molar-refractivity contribution < 1.29 is 24.2 Å². The van der Waals surface area contributed by atoms with Gasteiger partial charge in [0.1, 0.15) is 11.9 Å². The molecule has 184 valence electrons. The molecule has 0 fully saturated rings. The van der Waals surface area contributed by atoms with Gasteiger partial charge in [-0.25, -0.2) is 14.8 Å². The summed E-state index contributed by atoms with van der Waals surface area (Å²) in [5.74, 6) is -1.00. The number of aliphatic hydroxyl groups is 1. The van der Waals surface area contributed by atoms with Gasteiger partial charge >= 0.3 is 6.09 Å². The maximum absolute atomic E-state index is 13.1. The number of aryl methyl sites for hydroxylation is 1. The minimum atomic E-state index is -1.43. The van der Waals surface area contributed by atoms with E-state index in [-0.39, 0.29) is 24.4 Å². The van der Waals surface area contributed by atoms with Gasteiger partial charge in [-0.05, 0) is 43.2 Å². The fraction of sp³-hybridized carbons (Fsp3) is 0.696. The molecule has 1 aliphatic heterocycles. The SMILES string of the molecule is CC(C)C(NC(=O)OCC(C)(C)C)C(=O)NC1Cc2nccc(n2)CCCCNC(O)C1=O. The second kappa shape index (κ2) is 12.0. The summed E-state index contributed by atoms with van der Waals surface area (Å²) >= 11 is 0. The van der Waals surface area contributed by atoms with Crippen molar-refractivity contribution in [2.45, 2.75) is 78.6 Å². The zero-order valence-electron chi connectivity index (χ0n) is 20.2. The van der Waals surface area contributed by atoms with E-state index in [2.05, 4.69) is 25.9 Å². The number of ether oxygens (including phenoxy) is 1. The molecule has 3 atom stereocenters. The Morgan fingerprint density at radius 1 is 1.30 bits per heavy atom. The minimum Gasteiger partial charge on any atom is -0.449 e. The summed E-state index contributed by atoms with van der Waals surface area (Å²) in [7, 11) is 0. The van der Waals surface area contributed by atoms with Gasteiger partial charge in [0.2, 0.25) is 5.91 Å². The Hall–Kier alpha value is -2.59. The lowest BCUT2D eigenvalue weighted by molar-refractivity contribution is -0.135. The van der Waals surface area contributed by atoms with E-state index in [1.54, 1.807) is 20.0 Å². The van der Waals surface area contributed by atoms with Crippen LogP contribution in [0.25, 0.3) is 0 Å². The number of hydrogen-bond donors (Lipinski definition) is 4. The smallest absolute Gasteiger partial charge is 0.407 e. The minimum absolute atomic E-state index is 0.0242. The quantitative estimate of drug-likeness (QED) is 0.509. The van der Waals surface area contributed by atoms with Crippen molar-refractivity contribution in [2.75, 3.05) is 13.2 Å². The summed E-state index contributed by atoms with van der Waals surface area (Å²) in [6.45, 7) is 10.00. The van der Waals surface area contributed by atoms with E-state index in [0.717, 1.165) is 25.0 Å². The van der Waals surface area contributed by atoms with Crippen LogP contribution in [0.3, 0.4) is 0 Å². The Bertz CT molecular complexity index is 824. The number of alkyl carbamates (subject to hydrolysis) is 1. The Kier molecular flexibility index (Phi) is 9.72. The van der Waals surface area contributed by atoms with E-state index in [4.69, 9.17) is 4.74 Å². The highest BCUT2D eigenvalue weighted by Crippen LogP contribution is 2.13. The molecule has 2 amide bonds. The number of hydrogen-bond acceptors (Lipinski definition) is 8. The molecule has 4 N–H and O–H groups in total. The summed E-state index contributed by atoms with van der Waals surface area (Å²) in [6, 6.07) is -0.165. The molecule has 10 heteroatoms. The van der Waals surface area contributed by atoms with E-state index in [1.165, 1.54) is 0 Å². The van der Waals surface area contributed by atoms with Crippen LogP contribution >= 0.6 is 0 Å². The molecule has 0 saturated heterocycles. The third-order valence-corrected chi connectivity index (χ3v) is 5.14. The summed E-state index contributed by atoms with van der Waals surface area (Å²) in [5.41, 5.74) is 0.645. The van der Waals surface area contributed by atoms with Crippen LogP contribution in [0.2, 0.25) is 0 Å². The number of carbonyl (C=O) groups excluding carboxylic acids is 3. The number of fused-ring (bicyclic) bond motifs is 2. The van der Waals surface area contributed by atoms with E-state index < -0.39 is 36.1 Å². The molecule has 0 aliphatic carbocycles. The van der Waals surface area contributed by atoms with Crippen molar-refractivity contribution in [3.05, 3.63) is 23.8 Å². The third kappa shape index (κ3) is 9.05. The van der Waals surface area contributed by atoms with Gasteiger partial charge in [0.25, 0.3) is 0 Å². The summed E-state index contributed by atoms with van der Waals surface area (Å²) < 4.78 is 5.22. The summed E-state index contributed by atoms with van der Waals surface area (Å²) in [6.07, 6.45) is 1.89. The number of aromatic nitrogens is 2. The van der Waals surface area contributed by atoms with Crippen molar-refractivity contribution in [1.82, 2.24) is 25.9 Å². The van der Waals surface area contributed by atoms with Crippen LogP contribution < -0.4 is 16.0 Å². The van der Waals surface area contributed by atoms with Gasteiger partial charge in [0, 0.05) is 18.3 Å². The monoisotopic (exact) mass is 463 g/mol. The predicted octanol–water partition coefficient (Wildman–Crippen LogP) is 1.11. The summed E-state index contributed by atoms with van der Waals surface area (Å²) in [5, 5.41) is 18.4. The molecule has 2 heterocycles. The highest BCUT2D eigenvalue weighted by molar-refractivity contribution is 5.94. The van der Waals surface area contributed by atoms with Gasteiger partial charge in [0.05, 0.1) is 12.6 Å². The molecule has 1 aromatic heterocycles. The van der Waals surface area contributed by atoms with E-state index in [0.29, 0.717) is 12.4 Å². The number of amides is 2. The molecular weight excluding hydrogens is 426 g/mol. The van der Waals surface area contributed by atoms with Crippen molar-refractivity contribution in [2.24, 2.45) is 11.3 Å². The zero-order chi connectivity index (χ0) is 24.6. The fourth-order valence-electron chi connectivity index (χ4n) is 3.29. The van der Waals surface area contributed by atoms with Crippen molar-refractivity contribution in [1.29, 1.82) is 0 Å². The highest BCUT2D eigenvalue weighted by Gasteiger charge is 2.32. The first-order valence-electron chi connectivity index (χ1n) is 11.5. The molecule has 1 aromatic rings. The number of carbonyl (C=O) groups is 3. The molecule has 3 unspecified atom stereocenters. The number of ketones is 1. The van der Waals surface area contributed by atoms with Crippen LogP contribution in [0.4, 0.5) is 4.79 Å². The number of Topliss-reactive ketones (excluding diaryl/α,β-unsaturated/α-hetero) is 1. The molecule has 33 heavy (non-hydrogen) atoms. The Morgan fingerprint density at radius 3 is 2.70 bits per heavy atom. The largest absolute Gasteiger partial charge is 0.449 e. The maximum atomic E-state index is 13.1. The molecule has 1 aliphatic rings. The zero-order valence-corrected chi connectivity index (χ0v) is 20.2. The van der Waals surface area contributed by atoms with Crippen molar-refractivity contribution in [3.8, 4) is 0 Å². The van der Waals surface area contributed by atoms with E-state index in [1.807, 2.05) is 26.8 Å². The van der Waals surface area contributed by atoms with Crippen LogP contribution in [-0.4, -0.2) is 64.3 Å². The lowest BCUT2D eigenvalue weighted by Gasteiger charge is -2.26. The van der Waals surface area contributed by atoms with E-state index in [9.17, 15) is 19.5 Å². The molecule has 2 rings (SSSR count). The van der Waals surface area contributed by atoms with Gasteiger partial charge in [-0.15, -0.1) is 0 Å². The van der Waals surface area contributed by atoms with Crippen LogP contribution in [0, 0.1) is 11.3 Å². The van der Waals surface area contributed by atoms with Gasteiger partial charge in [-0.3, -0.25) is 14.9 Å². The molecule has 10 nitrogen and oxygen atoms in total. The molecule has 0 spiro atoms. The highest BCUT2D eigenvalue weighted by atomic mass is 16.5. The molecule has 0 radical (unpaired) electrons. The first kappa shape index (κ1) is 26.7. The van der Waals surface area contributed by atoms with Gasteiger partial charge in [0.15, 0.2) is 12.0 Å². The topological polar surface area (TPSA) is 143 Å². The lowest BCUT2D eigenvalue weighted by Crippen LogP contribution is -2.57. The average molecular weight is 464 g/mol. The second-order valence-electron chi connectivity index (χ2n) is 9.95. The summed E-state index contributed by atoms with van der Waals surface area (Å²) in [4.78, 5) is 46.9. The van der Waals surface area contributed by atoms with Crippen molar-refractivity contribution >= 4 is 17.8 Å². The van der Waals surface area contributed by atoms with Crippen molar-refractivity contribution in [3.63, 3.8) is 0 Å². The lowest BCUT2D eigenvalue weighted by atomic mass is 9.99. The van der Waals surface area contributed by atoms with Gasteiger partial charge in [-0.1, -0.05) is 34.6 Å². The Balaban J connectivity index is 2.17. The van der Waals surface area contributed by atoms with Crippen LogP contribution in [0.5, 0.6) is 0 Å². The number of aliphatic hydroxyl groups excluding tert-OH is 1. The Morgan fingerprint density at radius 2 is 2.03 bits per heavy atom. The van der Waals surface area contributed by atoms with E-state index >= 15 is 0 Å².